The number of anilines is 3. The number of nitrogens with one attached hydrogen (secondary N) is 2. The SMILES string of the molecule is Cc1ncc(C(=O)Nc2ccc(C3CCCN(C)C3)cc2)cc1Nc1nccc(-c2cccnc2)n1. The third kappa shape index (κ3) is 5.55. The molecule has 1 fully saturated rings. The number of nitrogens with zero attached hydrogens (tertiary/aromatic N) is 5. The van der Waals surface area contributed by atoms with Gasteiger partial charge in [-0.1, -0.05) is 12.1 Å². The molecule has 182 valence electrons. The van der Waals surface area contributed by atoms with E-state index in [1.807, 2.05) is 37.3 Å². The summed E-state index contributed by atoms with van der Waals surface area (Å²) in [6.45, 7) is 4.11. The van der Waals surface area contributed by atoms with Crippen molar-refractivity contribution in [3.05, 3.63) is 90.1 Å². The molecule has 1 aromatic carbocycles. The fraction of sp³-hybridized carbons (Fsp3) is 0.250. The summed E-state index contributed by atoms with van der Waals surface area (Å²) in [5.74, 6) is 0.741. The number of likely N-dealkylation sites (tertiary alicyclic amines) is 1. The summed E-state index contributed by atoms with van der Waals surface area (Å²) < 4.78 is 0. The molecule has 3 aromatic heterocycles. The molecule has 2 N–H and O–H groups in total. The van der Waals surface area contributed by atoms with Gasteiger partial charge in [0.15, 0.2) is 0 Å². The lowest BCUT2D eigenvalue weighted by Gasteiger charge is -2.30. The van der Waals surface area contributed by atoms with E-state index in [0.717, 1.165) is 35.7 Å². The molecule has 1 aliphatic rings. The number of hydrogen-bond donors (Lipinski definition) is 2. The average Bonchev–Trinajstić information content (AvgIpc) is 2.91. The molecule has 36 heavy (non-hydrogen) atoms. The highest BCUT2D eigenvalue weighted by Crippen LogP contribution is 2.27. The molecule has 0 spiro atoms. The molecule has 1 unspecified atom stereocenters. The number of amides is 1. The maximum atomic E-state index is 13.0. The van der Waals surface area contributed by atoms with Crippen LogP contribution in [0.25, 0.3) is 11.3 Å². The molecule has 1 atom stereocenters. The summed E-state index contributed by atoms with van der Waals surface area (Å²) in [5.41, 5.74) is 5.58. The van der Waals surface area contributed by atoms with Gasteiger partial charge < -0.3 is 15.5 Å². The Morgan fingerprint density at radius 2 is 1.92 bits per heavy atom. The van der Waals surface area contributed by atoms with Crippen LogP contribution in [0.3, 0.4) is 0 Å². The number of pyridine rings is 2. The number of benzene rings is 1. The summed E-state index contributed by atoms with van der Waals surface area (Å²) in [6.07, 6.45) is 9.16. The van der Waals surface area contributed by atoms with E-state index in [4.69, 9.17) is 0 Å². The number of carbonyl (C=O) groups excluding carboxylic acids is 1. The van der Waals surface area contributed by atoms with Crippen molar-refractivity contribution in [1.82, 2.24) is 24.8 Å². The maximum absolute atomic E-state index is 13.0. The summed E-state index contributed by atoms with van der Waals surface area (Å²) >= 11 is 0. The van der Waals surface area contributed by atoms with Crippen LogP contribution >= 0.6 is 0 Å². The summed E-state index contributed by atoms with van der Waals surface area (Å²) in [5, 5.41) is 6.18. The minimum Gasteiger partial charge on any atom is -0.323 e. The first kappa shape index (κ1) is 23.6. The van der Waals surface area contributed by atoms with Crippen molar-refractivity contribution in [3.63, 3.8) is 0 Å². The molecule has 4 heterocycles. The van der Waals surface area contributed by atoms with Crippen molar-refractivity contribution in [3.8, 4) is 11.3 Å². The van der Waals surface area contributed by atoms with Crippen LogP contribution in [-0.2, 0) is 0 Å². The van der Waals surface area contributed by atoms with Crippen LogP contribution in [0, 0.1) is 6.92 Å². The van der Waals surface area contributed by atoms with Gasteiger partial charge in [0.05, 0.1) is 22.6 Å². The number of likely N-dealkylation sites (N-methyl/N-ethyl adjacent to an activating group) is 1. The van der Waals surface area contributed by atoms with Gasteiger partial charge in [-0.25, -0.2) is 9.97 Å². The lowest BCUT2D eigenvalue weighted by atomic mass is 9.91. The number of carbonyl (C=O) groups is 1. The highest BCUT2D eigenvalue weighted by Gasteiger charge is 2.19. The van der Waals surface area contributed by atoms with E-state index in [1.165, 1.54) is 18.4 Å². The molecular weight excluding hydrogens is 450 g/mol. The first-order chi connectivity index (χ1) is 17.5. The van der Waals surface area contributed by atoms with Gasteiger partial charge >= 0.3 is 0 Å². The van der Waals surface area contributed by atoms with E-state index in [9.17, 15) is 4.79 Å². The van der Waals surface area contributed by atoms with E-state index in [-0.39, 0.29) is 5.91 Å². The van der Waals surface area contributed by atoms with Crippen LogP contribution in [-0.4, -0.2) is 50.9 Å². The molecule has 8 nitrogen and oxygen atoms in total. The van der Waals surface area contributed by atoms with Gasteiger partial charge in [0, 0.05) is 42.6 Å². The Labute approximate surface area is 210 Å². The standard InChI is InChI=1S/C28H29N7O/c1-19-26(34-28-30-13-11-25(33-28)21-5-3-12-29-16-21)15-23(17-31-19)27(36)32-24-9-7-20(8-10-24)22-6-4-14-35(2)18-22/h3,5,7-13,15-17,22H,4,6,14,18H2,1-2H3,(H,32,36)(H,30,33,34). The van der Waals surface area contributed by atoms with Crippen LogP contribution in [0.15, 0.2) is 73.3 Å². The quantitative estimate of drug-likeness (QED) is 0.400. The predicted octanol–water partition coefficient (Wildman–Crippen LogP) is 5.05. The zero-order valence-corrected chi connectivity index (χ0v) is 20.5. The molecule has 0 radical (unpaired) electrons. The van der Waals surface area contributed by atoms with Crippen LogP contribution in [0.1, 0.15) is 40.4 Å². The van der Waals surface area contributed by atoms with Gasteiger partial charge in [-0.3, -0.25) is 14.8 Å². The van der Waals surface area contributed by atoms with Crippen molar-refractivity contribution in [1.29, 1.82) is 0 Å². The molecule has 8 heteroatoms. The van der Waals surface area contributed by atoms with Gasteiger partial charge in [-0.05, 0) is 81.2 Å². The molecule has 1 saturated heterocycles. The lowest BCUT2D eigenvalue weighted by molar-refractivity contribution is 0.102. The Balaban J connectivity index is 1.28. The van der Waals surface area contributed by atoms with Crippen LogP contribution < -0.4 is 10.6 Å². The first-order valence-electron chi connectivity index (χ1n) is 12.1. The Morgan fingerprint density at radius 1 is 1.06 bits per heavy atom. The van der Waals surface area contributed by atoms with E-state index >= 15 is 0 Å². The minimum atomic E-state index is -0.222. The van der Waals surface area contributed by atoms with Crippen LogP contribution in [0.2, 0.25) is 0 Å². The van der Waals surface area contributed by atoms with E-state index in [1.54, 1.807) is 30.9 Å². The molecule has 1 amide bonds. The van der Waals surface area contributed by atoms with E-state index < -0.39 is 0 Å². The van der Waals surface area contributed by atoms with E-state index in [2.05, 4.69) is 54.6 Å². The van der Waals surface area contributed by atoms with Gasteiger partial charge in [-0.2, -0.15) is 0 Å². The smallest absolute Gasteiger partial charge is 0.257 e. The summed E-state index contributed by atoms with van der Waals surface area (Å²) in [4.78, 5) is 32.8. The number of rotatable bonds is 6. The zero-order valence-electron chi connectivity index (χ0n) is 20.5. The van der Waals surface area contributed by atoms with Crippen LogP contribution in [0.5, 0.6) is 0 Å². The normalized spacial score (nSPS) is 15.9. The average molecular weight is 480 g/mol. The lowest BCUT2D eigenvalue weighted by Crippen LogP contribution is -2.30. The summed E-state index contributed by atoms with van der Waals surface area (Å²) in [7, 11) is 2.17. The maximum Gasteiger partial charge on any atom is 0.257 e. The fourth-order valence-corrected chi connectivity index (χ4v) is 4.48. The molecule has 5 rings (SSSR count). The zero-order chi connectivity index (χ0) is 24.9. The van der Waals surface area contributed by atoms with Crippen molar-refractivity contribution < 1.29 is 4.79 Å². The summed E-state index contributed by atoms with van der Waals surface area (Å²) in [6, 6.07) is 15.6. The van der Waals surface area contributed by atoms with Crippen molar-refractivity contribution in [2.75, 3.05) is 30.8 Å². The van der Waals surface area contributed by atoms with Gasteiger partial charge in [-0.15, -0.1) is 0 Å². The monoisotopic (exact) mass is 479 g/mol. The van der Waals surface area contributed by atoms with Crippen molar-refractivity contribution in [2.45, 2.75) is 25.7 Å². The molecule has 0 saturated carbocycles. The highest BCUT2D eigenvalue weighted by molar-refractivity contribution is 6.04. The number of hydrogen-bond acceptors (Lipinski definition) is 7. The molecule has 1 aliphatic heterocycles. The van der Waals surface area contributed by atoms with Gasteiger partial charge in [0.2, 0.25) is 5.95 Å². The largest absolute Gasteiger partial charge is 0.323 e. The second-order valence-electron chi connectivity index (χ2n) is 9.17. The number of aromatic nitrogens is 4. The fourth-order valence-electron chi connectivity index (χ4n) is 4.48. The Hall–Kier alpha value is -4.17. The molecular formula is C28H29N7O. The predicted molar refractivity (Wildman–Crippen MR) is 141 cm³/mol. The second-order valence-corrected chi connectivity index (χ2v) is 9.17. The molecule has 4 aromatic rings. The van der Waals surface area contributed by atoms with E-state index in [0.29, 0.717) is 23.1 Å². The molecule has 0 bridgehead atoms. The Kier molecular flexibility index (Phi) is 6.95. The Morgan fingerprint density at radius 3 is 2.69 bits per heavy atom. The third-order valence-corrected chi connectivity index (χ3v) is 6.47. The van der Waals surface area contributed by atoms with Crippen molar-refractivity contribution in [2.24, 2.45) is 0 Å². The topological polar surface area (TPSA) is 95.9 Å². The number of aryl methyl sites for hydroxylation is 1. The Bertz CT molecular complexity index is 1340. The second kappa shape index (κ2) is 10.6. The third-order valence-electron chi connectivity index (χ3n) is 6.47. The highest BCUT2D eigenvalue weighted by atomic mass is 16.1. The van der Waals surface area contributed by atoms with Crippen molar-refractivity contribution >= 4 is 23.2 Å². The van der Waals surface area contributed by atoms with Gasteiger partial charge in [0.1, 0.15) is 0 Å². The molecule has 0 aliphatic carbocycles. The first-order valence-corrected chi connectivity index (χ1v) is 12.1. The minimum absolute atomic E-state index is 0.222. The van der Waals surface area contributed by atoms with Crippen LogP contribution in [0.4, 0.5) is 17.3 Å². The number of piperidine rings is 1. The van der Waals surface area contributed by atoms with Gasteiger partial charge in [0.25, 0.3) is 5.91 Å².